The van der Waals surface area contributed by atoms with Crippen molar-refractivity contribution in [3.05, 3.63) is 0 Å². The van der Waals surface area contributed by atoms with Gasteiger partial charge in [0, 0.05) is 18.9 Å². The van der Waals surface area contributed by atoms with Crippen LogP contribution in [0.1, 0.15) is 58.3 Å². The molecule has 0 bridgehead atoms. The van der Waals surface area contributed by atoms with Crippen LogP contribution in [-0.4, -0.2) is 18.9 Å². The van der Waals surface area contributed by atoms with Gasteiger partial charge in [-0.3, -0.25) is 9.59 Å². The van der Waals surface area contributed by atoms with E-state index >= 15 is 0 Å². The van der Waals surface area contributed by atoms with Gasteiger partial charge in [-0.2, -0.15) is 0 Å². The Morgan fingerprint density at radius 2 is 1.86 bits per heavy atom. The third-order valence-electron chi connectivity index (χ3n) is 5.63. The lowest BCUT2D eigenvalue weighted by Gasteiger charge is -2.24. The topological polar surface area (TPSA) is 72.2 Å². The molecule has 2 rings (SSSR count). The average Bonchev–Trinajstić information content (AvgIpc) is 2.92. The highest BCUT2D eigenvalue weighted by atomic mass is 16.2. The number of carbonyl (C=O) groups excluding carboxylic acids is 2. The van der Waals surface area contributed by atoms with Crippen molar-refractivity contribution >= 4 is 11.8 Å². The Hall–Kier alpha value is -1.06. The molecule has 2 fully saturated rings. The molecule has 2 amide bonds. The van der Waals surface area contributed by atoms with Crippen molar-refractivity contribution in [3.8, 4) is 0 Å². The molecule has 0 aromatic rings. The molecule has 2 saturated carbocycles. The Bertz CT molecular complexity index is 377. The van der Waals surface area contributed by atoms with Gasteiger partial charge < -0.3 is 11.1 Å². The molecule has 0 aromatic carbocycles. The van der Waals surface area contributed by atoms with Crippen molar-refractivity contribution in [3.63, 3.8) is 0 Å². The van der Waals surface area contributed by atoms with Crippen molar-refractivity contribution < 1.29 is 9.59 Å². The monoisotopic (exact) mass is 294 g/mol. The molecule has 0 saturated heterocycles. The van der Waals surface area contributed by atoms with E-state index in [1.54, 1.807) is 7.05 Å². The molecule has 2 aliphatic carbocycles. The van der Waals surface area contributed by atoms with E-state index in [-0.39, 0.29) is 23.7 Å². The Kier molecular flexibility index (Phi) is 5.65. The van der Waals surface area contributed by atoms with Crippen LogP contribution in [0, 0.1) is 29.6 Å². The SMILES string of the molecule is CNC(=O)C(CC1CC1C)[C@H](CCC1CCCC1)C(N)=O. The van der Waals surface area contributed by atoms with Crippen LogP contribution in [-0.2, 0) is 9.59 Å². The Morgan fingerprint density at radius 1 is 1.24 bits per heavy atom. The first kappa shape index (κ1) is 16.3. The molecule has 3 unspecified atom stereocenters. The van der Waals surface area contributed by atoms with Gasteiger partial charge in [-0.15, -0.1) is 0 Å². The van der Waals surface area contributed by atoms with Crippen molar-refractivity contribution in [1.29, 1.82) is 0 Å². The van der Waals surface area contributed by atoms with Crippen LogP contribution in [0.25, 0.3) is 0 Å². The lowest BCUT2D eigenvalue weighted by Crippen LogP contribution is -2.39. The van der Waals surface area contributed by atoms with Crippen molar-refractivity contribution in [2.24, 2.45) is 35.3 Å². The molecule has 4 heteroatoms. The lowest BCUT2D eigenvalue weighted by molar-refractivity contribution is -0.133. The number of amides is 2. The first-order chi connectivity index (χ1) is 10.0. The summed E-state index contributed by atoms with van der Waals surface area (Å²) in [5.41, 5.74) is 5.63. The predicted octanol–water partition coefficient (Wildman–Crippen LogP) is 2.47. The van der Waals surface area contributed by atoms with E-state index in [1.165, 1.54) is 32.1 Å². The summed E-state index contributed by atoms with van der Waals surface area (Å²) in [6.45, 7) is 2.21. The number of nitrogens with two attached hydrogens (primary N) is 1. The normalized spacial score (nSPS) is 28.1. The van der Waals surface area contributed by atoms with Crippen molar-refractivity contribution in [1.82, 2.24) is 5.32 Å². The summed E-state index contributed by atoms with van der Waals surface area (Å²) in [5.74, 6) is 1.19. The van der Waals surface area contributed by atoms with E-state index in [0.29, 0.717) is 11.8 Å². The highest BCUT2D eigenvalue weighted by Crippen LogP contribution is 2.44. The molecule has 4 atom stereocenters. The van der Waals surface area contributed by atoms with Crippen molar-refractivity contribution in [2.45, 2.75) is 58.3 Å². The smallest absolute Gasteiger partial charge is 0.223 e. The van der Waals surface area contributed by atoms with E-state index in [1.807, 2.05) is 0 Å². The number of nitrogens with one attached hydrogen (secondary N) is 1. The summed E-state index contributed by atoms with van der Waals surface area (Å²) in [4.78, 5) is 24.1. The first-order valence-corrected chi connectivity index (χ1v) is 8.53. The number of rotatable bonds is 8. The average molecular weight is 294 g/mol. The van der Waals surface area contributed by atoms with Crippen LogP contribution in [0.2, 0.25) is 0 Å². The summed E-state index contributed by atoms with van der Waals surface area (Å²) in [6, 6.07) is 0. The summed E-state index contributed by atoms with van der Waals surface area (Å²) in [7, 11) is 1.65. The minimum atomic E-state index is -0.296. The number of hydrogen-bond donors (Lipinski definition) is 2. The lowest BCUT2D eigenvalue weighted by atomic mass is 9.81. The van der Waals surface area contributed by atoms with E-state index in [4.69, 9.17) is 5.73 Å². The van der Waals surface area contributed by atoms with Gasteiger partial charge in [0.15, 0.2) is 0 Å². The Morgan fingerprint density at radius 3 is 2.33 bits per heavy atom. The number of hydrogen-bond acceptors (Lipinski definition) is 2. The quantitative estimate of drug-likeness (QED) is 0.722. The number of carbonyl (C=O) groups is 2. The van der Waals surface area contributed by atoms with E-state index < -0.39 is 0 Å². The zero-order valence-corrected chi connectivity index (χ0v) is 13.4. The van der Waals surface area contributed by atoms with Crippen LogP contribution in [0.4, 0.5) is 0 Å². The predicted molar refractivity (Wildman–Crippen MR) is 83.3 cm³/mol. The third-order valence-corrected chi connectivity index (χ3v) is 5.63. The minimum absolute atomic E-state index is 0.00989. The van der Waals surface area contributed by atoms with Crippen LogP contribution in [0.3, 0.4) is 0 Å². The largest absolute Gasteiger partial charge is 0.369 e. The van der Waals surface area contributed by atoms with Crippen molar-refractivity contribution in [2.75, 3.05) is 7.05 Å². The van der Waals surface area contributed by atoms with E-state index in [9.17, 15) is 9.59 Å². The van der Waals surface area contributed by atoms with E-state index in [0.717, 1.165) is 25.2 Å². The van der Waals surface area contributed by atoms with Gasteiger partial charge in [0.25, 0.3) is 0 Å². The molecule has 0 radical (unpaired) electrons. The highest BCUT2D eigenvalue weighted by molar-refractivity contribution is 5.86. The second-order valence-corrected chi connectivity index (χ2v) is 7.17. The molecule has 0 aliphatic heterocycles. The van der Waals surface area contributed by atoms with Crippen LogP contribution in [0.15, 0.2) is 0 Å². The van der Waals surface area contributed by atoms with Crippen LogP contribution < -0.4 is 11.1 Å². The van der Waals surface area contributed by atoms with E-state index in [2.05, 4.69) is 12.2 Å². The fourth-order valence-corrected chi connectivity index (χ4v) is 3.95. The maximum atomic E-state index is 12.2. The molecule has 2 aliphatic rings. The summed E-state index contributed by atoms with van der Waals surface area (Å²) < 4.78 is 0. The Balaban J connectivity index is 1.96. The summed E-state index contributed by atoms with van der Waals surface area (Å²) >= 11 is 0. The summed E-state index contributed by atoms with van der Waals surface area (Å²) in [5, 5.41) is 2.73. The second-order valence-electron chi connectivity index (χ2n) is 7.17. The van der Waals surface area contributed by atoms with Gasteiger partial charge in [-0.1, -0.05) is 32.6 Å². The zero-order chi connectivity index (χ0) is 15.4. The molecule has 0 spiro atoms. The van der Waals surface area contributed by atoms with Crippen LogP contribution in [0.5, 0.6) is 0 Å². The molecule has 0 heterocycles. The fraction of sp³-hybridized carbons (Fsp3) is 0.882. The van der Waals surface area contributed by atoms with Gasteiger partial charge in [-0.25, -0.2) is 0 Å². The molecular formula is C17H30N2O2. The maximum Gasteiger partial charge on any atom is 0.223 e. The molecule has 21 heavy (non-hydrogen) atoms. The third kappa shape index (κ3) is 4.45. The fourth-order valence-electron chi connectivity index (χ4n) is 3.95. The standard InChI is InChI=1S/C17H30N2O2/c1-11-9-13(11)10-15(17(21)19-2)14(16(18)20)8-7-12-5-3-4-6-12/h11-15H,3-10H2,1-2H3,(H2,18,20)(H,19,21)/t11?,13?,14-,15?/m0/s1. The molecule has 4 nitrogen and oxygen atoms in total. The minimum Gasteiger partial charge on any atom is -0.369 e. The van der Waals surface area contributed by atoms with Gasteiger partial charge in [-0.05, 0) is 43.4 Å². The van der Waals surface area contributed by atoms with Gasteiger partial charge in [0.2, 0.25) is 11.8 Å². The maximum absolute atomic E-state index is 12.2. The highest BCUT2D eigenvalue weighted by Gasteiger charge is 2.40. The second kappa shape index (κ2) is 7.28. The van der Waals surface area contributed by atoms with Gasteiger partial charge in [0.05, 0.1) is 0 Å². The first-order valence-electron chi connectivity index (χ1n) is 8.53. The molecule has 0 aromatic heterocycles. The molecular weight excluding hydrogens is 264 g/mol. The molecule has 3 N–H and O–H groups in total. The Labute approximate surface area is 128 Å². The van der Waals surface area contributed by atoms with Gasteiger partial charge >= 0.3 is 0 Å². The molecule has 120 valence electrons. The zero-order valence-electron chi connectivity index (χ0n) is 13.4. The van der Waals surface area contributed by atoms with Gasteiger partial charge in [0.1, 0.15) is 0 Å². The summed E-state index contributed by atoms with van der Waals surface area (Å²) in [6.07, 6.45) is 8.99. The van der Waals surface area contributed by atoms with Crippen LogP contribution >= 0.6 is 0 Å². The number of primary amides is 1.